The molecule has 0 aliphatic rings. The second-order valence-electron chi connectivity index (χ2n) is 4.15. The standard InChI is InChI=1S/C13H15FN4O2/c1-3-20-12(19)7-6-11-16-13(18(2)17-11)9-4-5-10(14)15-8-9/h4-5,8H,3,6-7H2,1-2H3. The van der Waals surface area contributed by atoms with Crippen molar-refractivity contribution in [2.45, 2.75) is 19.8 Å². The summed E-state index contributed by atoms with van der Waals surface area (Å²) < 4.78 is 19.2. The van der Waals surface area contributed by atoms with Gasteiger partial charge in [-0.1, -0.05) is 0 Å². The zero-order chi connectivity index (χ0) is 14.5. The molecule has 0 N–H and O–H groups in total. The van der Waals surface area contributed by atoms with Crippen molar-refractivity contribution >= 4 is 5.97 Å². The number of carbonyl (C=O) groups excluding carboxylic acids is 1. The van der Waals surface area contributed by atoms with Crippen LogP contribution in [-0.4, -0.2) is 32.3 Å². The maximum atomic E-state index is 12.8. The molecule has 0 aliphatic heterocycles. The summed E-state index contributed by atoms with van der Waals surface area (Å²) in [5, 5.41) is 4.22. The highest BCUT2D eigenvalue weighted by atomic mass is 19.1. The van der Waals surface area contributed by atoms with Crippen molar-refractivity contribution in [3.8, 4) is 11.4 Å². The Labute approximate surface area is 115 Å². The van der Waals surface area contributed by atoms with Crippen LogP contribution in [0.15, 0.2) is 18.3 Å². The number of carbonyl (C=O) groups is 1. The molecule has 0 bridgehead atoms. The van der Waals surface area contributed by atoms with Crippen LogP contribution in [0.25, 0.3) is 11.4 Å². The lowest BCUT2D eigenvalue weighted by atomic mass is 10.2. The van der Waals surface area contributed by atoms with Crippen LogP contribution in [0.4, 0.5) is 4.39 Å². The maximum Gasteiger partial charge on any atom is 0.306 e. The van der Waals surface area contributed by atoms with E-state index >= 15 is 0 Å². The Morgan fingerprint density at radius 1 is 1.45 bits per heavy atom. The van der Waals surface area contributed by atoms with Crippen molar-refractivity contribution < 1.29 is 13.9 Å². The molecule has 0 aromatic carbocycles. The summed E-state index contributed by atoms with van der Waals surface area (Å²) in [6.45, 7) is 2.12. The van der Waals surface area contributed by atoms with Gasteiger partial charge in [0.25, 0.3) is 0 Å². The molecule has 2 rings (SSSR count). The Morgan fingerprint density at radius 2 is 2.25 bits per heavy atom. The fraction of sp³-hybridized carbons (Fsp3) is 0.385. The molecule has 7 heteroatoms. The summed E-state index contributed by atoms with van der Waals surface area (Å²) in [7, 11) is 1.74. The quantitative estimate of drug-likeness (QED) is 0.612. The third-order valence-corrected chi connectivity index (χ3v) is 2.65. The first-order chi connectivity index (χ1) is 9.60. The number of aromatic nitrogens is 4. The molecule has 106 valence electrons. The number of hydrogen-bond donors (Lipinski definition) is 0. The van der Waals surface area contributed by atoms with E-state index in [1.54, 1.807) is 24.7 Å². The van der Waals surface area contributed by atoms with E-state index in [-0.39, 0.29) is 12.4 Å². The predicted octanol–water partition coefficient (Wildman–Crippen LogP) is 1.51. The van der Waals surface area contributed by atoms with Crippen LogP contribution in [0.3, 0.4) is 0 Å². The Morgan fingerprint density at radius 3 is 2.90 bits per heavy atom. The molecule has 0 radical (unpaired) electrons. The Bertz CT molecular complexity index is 595. The molecular formula is C13H15FN4O2. The number of aryl methyl sites for hydroxylation is 2. The average Bonchev–Trinajstić information content (AvgIpc) is 2.79. The van der Waals surface area contributed by atoms with E-state index in [9.17, 15) is 9.18 Å². The molecular weight excluding hydrogens is 263 g/mol. The van der Waals surface area contributed by atoms with Gasteiger partial charge in [0, 0.05) is 25.2 Å². The van der Waals surface area contributed by atoms with Gasteiger partial charge in [-0.05, 0) is 19.1 Å². The SMILES string of the molecule is CCOC(=O)CCc1nc(-c2ccc(F)nc2)n(C)n1. The summed E-state index contributed by atoms with van der Waals surface area (Å²) in [5.74, 6) is 0.305. The van der Waals surface area contributed by atoms with Crippen molar-refractivity contribution in [3.63, 3.8) is 0 Å². The molecule has 6 nitrogen and oxygen atoms in total. The number of hydrogen-bond acceptors (Lipinski definition) is 5. The lowest BCUT2D eigenvalue weighted by Gasteiger charge is -1.98. The Kier molecular flexibility index (Phi) is 4.39. The predicted molar refractivity (Wildman–Crippen MR) is 69.1 cm³/mol. The molecule has 0 atom stereocenters. The molecule has 0 spiro atoms. The number of nitrogens with zero attached hydrogens (tertiary/aromatic N) is 4. The monoisotopic (exact) mass is 278 g/mol. The second kappa shape index (κ2) is 6.23. The van der Waals surface area contributed by atoms with Crippen LogP contribution in [0.1, 0.15) is 19.2 Å². The third-order valence-electron chi connectivity index (χ3n) is 2.65. The topological polar surface area (TPSA) is 69.9 Å². The minimum absolute atomic E-state index is 0.235. The largest absolute Gasteiger partial charge is 0.466 e. The first kappa shape index (κ1) is 14.1. The fourth-order valence-electron chi connectivity index (χ4n) is 1.75. The van der Waals surface area contributed by atoms with Crippen LogP contribution in [0, 0.1) is 5.95 Å². The molecule has 0 aliphatic carbocycles. The Balaban J connectivity index is 2.09. The van der Waals surface area contributed by atoms with Gasteiger partial charge in [0.05, 0.1) is 13.0 Å². The molecule has 0 saturated carbocycles. The summed E-state index contributed by atoms with van der Waals surface area (Å²) in [6, 6.07) is 2.85. The number of esters is 1. The number of halogens is 1. The van der Waals surface area contributed by atoms with Gasteiger partial charge in [-0.25, -0.2) is 14.6 Å². The molecule has 0 fully saturated rings. The van der Waals surface area contributed by atoms with Gasteiger partial charge >= 0.3 is 5.97 Å². The molecule has 20 heavy (non-hydrogen) atoms. The molecule has 2 aromatic heterocycles. The summed E-state index contributed by atoms with van der Waals surface area (Å²) >= 11 is 0. The maximum absolute atomic E-state index is 12.8. The van der Waals surface area contributed by atoms with Gasteiger partial charge in [0.15, 0.2) is 11.6 Å². The molecule has 2 aromatic rings. The van der Waals surface area contributed by atoms with Crippen LogP contribution < -0.4 is 0 Å². The van der Waals surface area contributed by atoms with E-state index in [0.717, 1.165) is 0 Å². The molecule has 0 unspecified atom stereocenters. The van der Waals surface area contributed by atoms with Crippen LogP contribution >= 0.6 is 0 Å². The summed E-state index contributed by atoms with van der Waals surface area (Å²) in [5.41, 5.74) is 0.670. The van der Waals surface area contributed by atoms with Gasteiger partial charge in [-0.2, -0.15) is 9.49 Å². The first-order valence-electron chi connectivity index (χ1n) is 6.27. The van der Waals surface area contributed by atoms with E-state index in [1.807, 2.05) is 0 Å². The average molecular weight is 278 g/mol. The fourth-order valence-corrected chi connectivity index (χ4v) is 1.75. The lowest BCUT2D eigenvalue weighted by Crippen LogP contribution is -2.06. The smallest absolute Gasteiger partial charge is 0.306 e. The van der Waals surface area contributed by atoms with E-state index in [2.05, 4.69) is 15.1 Å². The Hall–Kier alpha value is -2.31. The minimum atomic E-state index is -0.543. The highest BCUT2D eigenvalue weighted by Gasteiger charge is 2.11. The number of ether oxygens (including phenoxy) is 1. The highest BCUT2D eigenvalue weighted by Crippen LogP contribution is 2.16. The minimum Gasteiger partial charge on any atom is -0.466 e. The first-order valence-corrected chi connectivity index (χ1v) is 6.27. The number of pyridine rings is 1. The van der Waals surface area contributed by atoms with Crippen molar-refractivity contribution in [1.29, 1.82) is 0 Å². The van der Waals surface area contributed by atoms with Gasteiger partial charge in [0.2, 0.25) is 5.95 Å². The van der Waals surface area contributed by atoms with Crippen molar-refractivity contribution in [2.75, 3.05) is 6.61 Å². The summed E-state index contributed by atoms with van der Waals surface area (Å²) in [4.78, 5) is 19.2. The van der Waals surface area contributed by atoms with Gasteiger partial charge in [-0.15, -0.1) is 0 Å². The molecule has 2 heterocycles. The zero-order valence-corrected chi connectivity index (χ0v) is 11.3. The second-order valence-corrected chi connectivity index (χ2v) is 4.15. The van der Waals surface area contributed by atoms with Crippen molar-refractivity contribution in [2.24, 2.45) is 7.05 Å². The van der Waals surface area contributed by atoms with Gasteiger partial charge in [0.1, 0.15) is 0 Å². The summed E-state index contributed by atoms with van der Waals surface area (Å²) in [6.07, 6.45) is 2.04. The van der Waals surface area contributed by atoms with Crippen LogP contribution in [0.2, 0.25) is 0 Å². The van der Waals surface area contributed by atoms with E-state index in [1.165, 1.54) is 12.3 Å². The third kappa shape index (κ3) is 3.37. The van der Waals surface area contributed by atoms with Crippen molar-refractivity contribution in [1.82, 2.24) is 19.7 Å². The van der Waals surface area contributed by atoms with Gasteiger partial charge < -0.3 is 4.74 Å². The van der Waals surface area contributed by atoms with Crippen molar-refractivity contribution in [3.05, 3.63) is 30.1 Å². The molecule has 0 amide bonds. The van der Waals surface area contributed by atoms with Gasteiger partial charge in [-0.3, -0.25) is 4.79 Å². The highest BCUT2D eigenvalue weighted by molar-refractivity contribution is 5.69. The van der Waals surface area contributed by atoms with E-state index in [4.69, 9.17) is 4.74 Å². The number of rotatable bonds is 5. The van der Waals surface area contributed by atoms with Crippen LogP contribution in [-0.2, 0) is 23.0 Å². The molecule has 0 saturated heterocycles. The van der Waals surface area contributed by atoms with E-state index in [0.29, 0.717) is 30.2 Å². The lowest BCUT2D eigenvalue weighted by molar-refractivity contribution is -0.143. The van der Waals surface area contributed by atoms with Crippen LogP contribution in [0.5, 0.6) is 0 Å². The van der Waals surface area contributed by atoms with E-state index < -0.39 is 5.95 Å². The zero-order valence-electron chi connectivity index (χ0n) is 11.3. The normalized spacial score (nSPS) is 10.6.